The minimum atomic E-state index is -0.828. The van der Waals surface area contributed by atoms with Gasteiger partial charge in [-0.25, -0.2) is 9.40 Å². The van der Waals surface area contributed by atoms with E-state index in [4.69, 9.17) is 4.74 Å². The zero-order valence-corrected chi connectivity index (χ0v) is 22.1. The van der Waals surface area contributed by atoms with Crippen LogP contribution in [0.4, 0.5) is 21.5 Å². The molecule has 1 amide bonds. The van der Waals surface area contributed by atoms with Gasteiger partial charge in [0.1, 0.15) is 22.9 Å². The number of hydrogen-bond acceptors (Lipinski definition) is 6. The number of nitrogens with zero attached hydrogens (tertiary/aromatic N) is 2. The first-order valence-electron chi connectivity index (χ1n) is 11.9. The third-order valence-corrected chi connectivity index (χ3v) is 6.81. The number of hydrogen-bond donors (Lipinski definition) is 3. The van der Waals surface area contributed by atoms with Crippen LogP contribution in [-0.2, 0) is 11.3 Å². The molecule has 5 rings (SSSR count). The van der Waals surface area contributed by atoms with E-state index in [0.29, 0.717) is 18.0 Å². The van der Waals surface area contributed by atoms with Gasteiger partial charge < -0.3 is 15.2 Å². The fraction of sp³-hybridized carbons (Fsp3) is 0.321. The first-order chi connectivity index (χ1) is 17.1. The van der Waals surface area contributed by atoms with Gasteiger partial charge >= 0.3 is 0 Å². The molecule has 6 nitrogen and oxygen atoms in total. The van der Waals surface area contributed by atoms with Gasteiger partial charge in [-0.2, -0.15) is 12.6 Å². The van der Waals surface area contributed by atoms with Crippen LogP contribution in [0.15, 0.2) is 48.5 Å². The van der Waals surface area contributed by atoms with Crippen LogP contribution < -0.4 is 20.1 Å². The molecular weight excluding hydrogens is 477 g/mol. The Morgan fingerprint density at radius 3 is 2.50 bits per heavy atom. The van der Waals surface area contributed by atoms with Crippen molar-refractivity contribution in [2.45, 2.75) is 46.2 Å². The molecule has 36 heavy (non-hydrogen) atoms. The lowest BCUT2D eigenvalue weighted by Crippen LogP contribution is -2.57. The number of nitrogens with one attached hydrogen (secondary N) is 1. The van der Waals surface area contributed by atoms with Gasteiger partial charge in [-0.05, 0) is 74.4 Å². The number of ether oxygens (including phenoxy) is 1. The molecule has 2 N–H and O–H groups in total. The largest absolute Gasteiger partial charge is 0.508 e. The van der Waals surface area contributed by atoms with Crippen molar-refractivity contribution in [1.82, 2.24) is 0 Å². The van der Waals surface area contributed by atoms with E-state index in [0.717, 1.165) is 39.4 Å². The quantitative estimate of drug-likeness (QED) is 0.360. The second-order valence-electron chi connectivity index (χ2n) is 9.45. The molecule has 0 aromatic heterocycles. The first-order valence-corrected chi connectivity index (χ1v) is 12.6. The third kappa shape index (κ3) is 4.46. The van der Waals surface area contributed by atoms with Crippen molar-refractivity contribution < 1.29 is 19.0 Å². The summed E-state index contributed by atoms with van der Waals surface area (Å²) in [6.07, 6.45) is 1.18. The number of halogens is 1. The van der Waals surface area contributed by atoms with E-state index in [1.807, 2.05) is 37.9 Å². The average molecular weight is 510 g/mol. The molecule has 0 saturated carbocycles. The summed E-state index contributed by atoms with van der Waals surface area (Å²) >= 11 is 3.92. The minimum absolute atomic E-state index is 0.109. The SMILES string of the molecule is CCCS.COc1cc(O)ccc1-c1ccc2c3c1CN(c1cc(F)ccc1C)N3C(=O)C(C)(C)N2. The molecule has 0 bridgehead atoms. The molecule has 0 fully saturated rings. The Hall–Kier alpha value is -3.39. The Morgan fingerprint density at radius 1 is 1.14 bits per heavy atom. The zero-order valence-electron chi connectivity index (χ0n) is 21.2. The van der Waals surface area contributed by atoms with Gasteiger partial charge in [0.15, 0.2) is 0 Å². The number of anilines is 3. The maximum atomic E-state index is 14.2. The fourth-order valence-electron chi connectivity index (χ4n) is 4.55. The van der Waals surface area contributed by atoms with Crippen molar-refractivity contribution in [3.63, 3.8) is 0 Å². The maximum absolute atomic E-state index is 14.2. The molecule has 0 aliphatic carbocycles. The van der Waals surface area contributed by atoms with Crippen LogP contribution in [0.3, 0.4) is 0 Å². The van der Waals surface area contributed by atoms with Crippen molar-refractivity contribution in [2.24, 2.45) is 0 Å². The van der Waals surface area contributed by atoms with E-state index in [9.17, 15) is 14.3 Å². The second-order valence-corrected chi connectivity index (χ2v) is 9.90. The summed E-state index contributed by atoms with van der Waals surface area (Å²) < 4.78 is 19.7. The molecule has 2 heterocycles. The van der Waals surface area contributed by atoms with Crippen molar-refractivity contribution in [1.29, 1.82) is 0 Å². The zero-order chi connectivity index (χ0) is 26.2. The Balaban J connectivity index is 0.000000709. The number of methoxy groups -OCH3 is 1. The molecule has 3 aromatic carbocycles. The molecular formula is C28H32FN3O3S. The average Bonchev–Trinajstić information content (AvgIpc) is 3.25. The summed E-state index contributed by atoms with van der Waals surface area (Å²) in [5.41, 5.74) is 4.89. The van der Waals surface area contributed by atoms with Crippen LogP contribution in [0.5, 0.6) is 11.5 Å². The number of benzene rings is 3. The lowest BCUT2D eigenvalue weighted by atomic mass is 9.93. The van der Waals surface area contributed by atoms with Crippen LogP contribution >= 0.6 is 12.6 Å². The summed E-state index contributed by atoms with van der Waals surface area (Å²) in [7, 11) is 1.55. The number of carbonyl (C=O) groups excluding carboxylic acids is 1. The summed E-state index contributed by atoms with van der Waals surface area (Å²) in [6.45, 7) is 8.07. The van der Waals surface area contributed by atoms with Crippen LogP contribution in [0.1, 0.15) is 38.3 Å². The number of phenolic OH excluding ortho intramolecular Hbond substituents is 1. The first kappa shape index (κ1) is 25.7. The molecule has 0 spiro atoms. The van der Waals surface area contributed by atoms with E-state index in [-0.39, 0.29) is 17.5 Å². The van der Waals surface area contributed by atoms with Gasteiger partial charge in [0.2, 0.25) is 0 Å². The van der Waals surface area contributed by atoms with E-state index in [2.05, 4.69) is 24.9 Å². The number of rotatable bonds is 4. The second kappa shape index (κ2) is 9.93. The molecule has 3 aromatic rings. The van der Waals surface area contributed by atoms with Gasteiger partial charge in [0.05, 0.1) is 30.7 Å². The number of aryl methyl sites for hydroxylation is 1. The number of amides is 1. The van der Waals surface area contributed by atoms with Crippen LogP contribution in [0.25, 0.3) is 11.1 Å². The molecule has 0 saturated heterocycles. The smallest absolute Gasteiger partial charge is 0.270 e. The van der Waals surface area contributed by atoms with Gasteiger partial charge in [-0.1, -0.05) is 19.1 Å². The van der Waals surface area contributed by atoms with Gasteiger partial charge in [-0.15, -0.1) is 0 Å². The Morgan fingerprint density at radius 2 is 1.83 bits per heavy atom. The minimum Gasteiger partial charge on any atom is -0.508 e. The molecule has 0 radical (unpaired) electrons. The molecule has 2 aliphatic rings. The molecule has 190 valence electrons. The van der Waals surface area contributed by atoms with Crippen LogP contribution in [0, 0.1) is 12.7 Å². The summed E-state index contributed by atoms with van der Waals surface area (Å²) in [5.74, 6) is 1.17. The predicted molar refractivity (Wildman–Crippen MR) is 147 cm³/mol. The third-order valence-electron chi connectivity index (χ3n) is 6.37. The standard InChI is InChI=1S/C25H24FN3O3.C3H8S/c1-14-5-6-15(26)11-21(14)28-13-19-17(18-8-7-16(30)12-22(18)32-4)9-10-20-23(19)29(28)24(31)25(2,3)27-20;1-2-3-4/h5-12,27,30H,13H2,1-4H3;4H,2-3H2,1H3. The number of carbonyl (C=O) groups is 1. The van der Waals surface area contributed by atoms with E-state index >= 15 is 0 Å². The number of hydrazine groups is 1. The lowest BCUT2D eigenvalue weighted by Gasteiger charge is -2.41. The van der Waals surface area contributed by atoms with E-state index < -0.39 is 5.54 Å². The van der Waals surface area contributed by atoms with E-state index in [1.165, 1.54) is 18.6 Å². The topological polar surface area (TPSA) is 65.0 Å². The van der Waals surface area contributed by atoms with Crippen LogP contribution in [0.2, 0.25) is 0 Å². The summed E-state index contributed by atoms with van der Waals surface area (Å²) in [6, 6.07) is 13.5. The maximum Gasteiger partial charge on any atom is 0.270 e. The lowest BCUT2D eigenvalue weighted by molar-refractivity contribution is -0.122. The van der Waals surface area contributed by atoms with Crippen molar-refractivity contribution in [3.8, 4) is 22.6 Å². The fourth-order valence-corrected chi connectivity index (χ4v) is 4.55. The highest BCUT2D eigenvalue weighted by Crippen LogP contribution is 2.50. The molecule has 8 heteroatoms. The highest BCUT2D eigenvalue weighted by molar-refractivity contribution is 7.80. The van der Waals surface area contributed by atoms with Gasteiger partial charge in [-0.3, -0.25) is 9.80 Å². The Kier molecular flexibility index (Phi) is 7.09. The van der Waals surface area contributed by atoms with Gasteiger partial charge in [0, 0.05) is 17.2 Å². The van der Waals surface area contributed by atoms with Crippen molar-refractivity contribution >= 4 is 35.6 Å². The molecule has 2 aliphatic heterocycles. The van der Waals surface area contributed by atoms with Crippen molar-refractivity contribution in [2.75, 3.05) is 28.2 Å². The summed E-state index contributed by atoms with van der Waals surface area (Å²) in [5, 5.41) is 16.8. The Labute approximate surface area is 217 Å². The Bertz CT molecular complexity index is 1310. The number of phenols is 1. The molecule has 0 atom stereocenters. The van der Waals surface area contributed by atoms with Crippen molar-refractivity contribution in [3.05, 3.63) is 65.5 Å². The van der Waals surface area contributed by atoms with Gasteiger partial charge in [0.25, 0.3) is 5.91 Å². The summed E-state index contributed by atoms with van der Waals surface area (Å²) in [4.78, 5) is 13.5. The molecule has 0 unspecified atom stereocenters. The van der Waals surface area contributed by atoms with Crippen LogP contribution in [-0.4, -0.2) is 29.4 Å². The normalized spacial score (nSPS) is 15.1. The highest BCUT2D eigenvalue weighted by atomic mass is 32.1. The predicted octanol–water partition coefficient (Wildman–Crippen LogP) is 6.31. The number of thiol groups is 1. The monoisotopic (exact) mass is 509 g/mol. The number of aromatic hydroxyl groups is 1. The van der Waals surface area contributed by atoms with E-state index in [1.54, 1.807) is 36.4 Å². The highest BCUT2D eigenvalue weighted by Gasteiger charge is 2.47.